The van der Waals surface area contributed by atoms with Gasteiger partial charge in [0.05, 0.1) is 18.3 Å². The third kappa shape index (κ3) is 5.48. The third-order valence-corrected chi connectivity index (χ3v) is 4.25. The van der Waals surface area contributed by atoms with Crippen molar-refractivity contribution in [2.75, 3.05) is 0 Å². The van der Waals surface area contributed by atoms with Crippen LogP contribution in [0.3, 0.4) is 0 Å². The van der Waals surface area contributed by atoms with Gasteiger partial charge >= 0.3 is 0 Å². The second-order valence-electron chi connectivity index (χ2n) is 4.79. The Morgan fingerprint density at radius 1 is 1.58 bits per heavy atom. The van der Waals surface area contributed by atoms with E-state index in [4.69, 9.17) is 11.2 Å². The van der Waals surface area contributed by atoms with Crippen molar-refractivity contribution in [2.24, 2.45) is 0 Å². The van der Waals surface area contributed by atoms with Crippen LogP contribution >= 0.6 is 15.9 Å². The van der Waals surface area contributed by atoms with Gasteiger partial charge in [0.2, 0.25) is 0 Å². The molecule has 0 aromatic carbocycles. The first-order valence-electron chi connectivity index (χ1n) is 6.68. The molecule has 1 aliphatic rings. The van der Waals surface area contributed by atoms with Crippen molar-refractivity contribution in [1.29, 1.82) is 0 Å². The van der Waals surface area contributed by atoms with Gasteiger partial charge in [-0.2, -0.15) is 0 Å². The molecule has 19 heavy (non-hydrogen) atoms. The van der Waals surface area contributed by atoms with Crippen LogP contribution in [0.1, 0.15) is 39.0 Å². The zero-order valence-electron chi connectivity index (χ0n) is 11.2. The Morgan fingerprint density at radius 3 is 2.95 bits per heavy atom. The zero-order chi connectivity index (χ0) is 14.3. The van der Waals surface area contributed by atoms with E-state index < -0.39 is 6.10 Å². The molecule has 3 nitrogen and oxygen atoms in total. The minimum atomic E-state index is -0.572. The first-order valence-corrected chi connectivity index (χ1v) is 7.60. The van der Waals surface area contributed by atoms with Crippen LogP contribution in [0.25, 0.3) is 0 Å². The van der Waals surface area contributed by atoms with Crippen LogP contribution in [0.5, 0.6) is 0 Å². The van der Waals surface area contributed by atoms with Crippen molar-refractivity contribution >= 4 is 21.7 Å². The molecule has 0 aliphatic carbocycles. The van der Waals surface area contributed by atoms with Crippen LogP contribution in [-0.2, 0) is 9.53 Å². The van der Waals surface area contributed by atoms with Crippen molar-refractivity contribution in [3.05, 3.63) is 12.2 Å². The number of aliphatic hydroxyl groups excluding tert-OH is 1. The van der Waals surface area contributed by atoms with Crippen LogP contribution in [0.15, 0.2) is 12.2 Å². The fourth-order valence-electron chi connectivity index (χ4n) is 2.19. The highest BCUT2D eigenvalue weighted by molar-refractivity contribution is 9.09. The SMILES string of the molecule is C#CC=CCCC(=O)CC1OC(CC)C(Br)CC1O. The molecule has 0 saturated carbocycles. The number of carbonyl (C=O) groups excluding carboxylic acids is 1. The van der Waals surface area contributed by atoms with E-state index in [1.807, 2.05) is 6.92 Å². The molecule has 0 radical (unpaired) electrons. The molecule has 0 bridgehead atoms. The second kappa shape index (κ2) is 8.52. The quantitative estimate of drug-likeness (QED) is 0.602. The number of terminal acetylenes is 1. The molecule has 0 amide bonds. The lowest BCUT2D eigenvalue weighted by atomic mass is 9.95. The maximum absolute atomic E-state index is 11.8. The molecule has 1 rings (SSSR count). The fourth-order valence-corrected chi connectivity index (χ4v) is 3.07. The van der Waals surface area contributed by atoms with Gasteiger partial charge < -0.3 is 9.84 Å². The fraction of sp³-hybridized carbons (Fsp3) is 0.667. The topological polar surface area (TPSA) is 46.5 Å². The Kier molecular flexibility index (Phi) is 7.37. The molecule has 1 fully saturated rings. The molecule has 4 heteroatoms. The lowest BCUT2D eigenvalue weighted by Crippen LogP contribution is -2.45. The van der Waals surface area contributed by atoms with E-state index in [0.29, 0.717) is 19.3 Å². The van der Waals surface area contributed by atoms with Gasteiger partial charge in [-0.25, -0.2) is 0 Å². The summed E-state index contributed by atoms with van der Waals surface area (Å²) in [6.07, 6.45) is 10.5. The molecular formula is C15H21BrO3. The van der Waals surface area contributed by atoms with Crippen molar-refractivity contribution in [2.45, 2.75) is 62.2 Å². The monoisotopic (exact) mass is 328 g/mol. The van der Waals surface area contributed by atoms with Gasteiger partial charge in [-0.3, -0.25) is 4.79 Å². The lowest BCUT2D eigenvalue weighted by Gasteiger charge is -2.36. The Labute approximate surface area is 123 Å². The van der Waals surface area contributed by atoms with Crippen LogP contribution < -0.4 is 0 Å². The molecule has 1 N–H and O–H groups in total. The summed E-state index contributed by atoms with van der Waals surface area (Å²) in [4.78, 5) is 12.0. The summed E-state index contributed by atoms with van der Waals surface area (Å²) >= 11 is 3.51. The average molecular weight is 329 g/mol. The highest BCUT2D eigenvalue weighted by Crippen LogP contribution is 2.29. The maximum Gasteiger partial charge on any atom is 0.135 e. The van der Waals surface area contributed by atoms with E-state index in [1.165, 1.54) is 0 Å². The largest absolute Gasteiger partial charge is 0.390 e. The molecule has 4 atom stereocenters. The summed E-state index contributed by atoms with van der Waals surface area (Å²) in [5.41, 5.74) is 0. The van der Waals surface area contributed by atoms with Gasteiger partial charge in [-0.1, -0.05) is 34.9 Å². The molecule has 1 heterocycles. The number of aliphatic hydroxyl groups is 1. The van der Waals surface area contributed by atoms with Gasteiger partial charge in [-0.15, -0.1) is 6.42 Å². The van der Waals surface area contributed by atoms with Crippen LogP contribution in [0.4, 0.5) is 0 Å². The Bertz CT molecular complexity index is 359. The smallest absolute Gasteiger partial charge is 0.135 e. The van der Waals surface area contributed by atoms with Gasteiger partial charge in [0.15, 0.2) is 0 Å². The summed E-state index contributed by atoms with van der Waals surface area (Å²) in [7, 11) is 0. The van der Waals surface area contributed by atoms with Gasteiger partial charge in [0.25, 0.3) is 0 Å². The average Bonchev–Trinajstić information content (AvgIpc) is 2.38. The molecule has 0 spiro atoms. The number of ether oxygens (including phenoxy) is 1. The van der Waals surface area contributed by atoms with E-state index in [1.54, 1.807) is 12.2 Å². The van der Waals surface area contributed by atoms with Crippen molar-refractivity contribution in [3.63, 3.8) is 0 Å². The Morgan fingerprint density at radius 2 is 2.32 bits per heavy atom. The molecule has 0 aromatic heterocycles. The van der Waals surface area contributed by atoms with Gasteiger partial charge in [0, 0.05) is 17.7 Å². The first-order chi connectivity index (χ1) is 9.08. The van der Waals surface area contributed by atoms with Crippen LogP contribution in [0, 0.1) is 12.3 Å². The van der Waals surface area contributed by atoms with E-state index in [-0.39, 0.29) is 29.2 Å². The molecule has 0 aromatic rings. The standard InChI is InChI=1S/C15H21BrO3/c1-3-5-6-7-8-11(17)9-15-13(18)10-12(16)14(4-2)19-15/h1,5-6,12-15,18H,4,7-10H2,2H3. The first kappa shape index (κ1) is 16.4. The number of halogens is 1. The Balaban J connectivity index is 2.40. The van der Waals surface area contributed by atoms with Crippen molar-refractivity contribution < 1.29 is 14.6 Å². The number of alkyl halides is 1. The molecule has 1 aliphatic heterocycles. The summed E-state index contributed by atoms with van der Waals surface area (Å²) < 4.78 is 5.79. The predicted octanol–water partition coefficient (Wildman–Crippen LogP) is 2.61. The lowest BCUT2D eigenvalue weighted by molar-refractivity contribution is -0.137. The molecular weight excluding hydrogens is 308 g/mol. The highest BCUT2D eigenvalue weighted by Gasteiger charge is 2.35. The summed E-state index contributed by atoms with van der Waals surface area (Å²) in [6.45, 7) is 2.04. The highest BCUT2D eigenvalue weighted by atomic mass is 79.9. The van der Waals surface area contributed by atoms with E-state index in [2.05, 4.69) is 21.9 Å². The van der Waals surface area contributed by atoms with E-state index in [9.17, 15) is 9.90 Å². The van der Waals surface area contributed by atoms with Gasteiger partial charge in [-0.05, 0) is 25.3 Å². The number of rotatable bonds is 6. The minimum Gasteiger partial charge on any atom is -0.390 e. The zero-order valence-corrected chi connectivity index (χ0v) is 12.8. The number of allylic oxidation sites excluding steroid dienone is 2. The summed E-state index contributed by atoms with van der Waals surface area (Å²) in [5, 5.41) is 9.96. The van der Waals surface area contributed by atoms with E-state index in [0.717, 1.165) is 6.42 Å². The third-order valence-electron chi connectivity index (χ3n) is 3.28. The normalized spacial score (nSPS) is 31.3. The molecule has 4 unspecified atom stereocenters. The second-order valence-corrected chi connectivity index (χ2v) is 5.97. The number of hydrogen-bond donors (Lipinski definition) is 1. The van der Waals surface area contributed by atoms with Crippen molar-refractivity contribution in [3.8, 4) is 12.3 Å². The Hall–Kier alpha value is -0.630. The minimum absolute atomic E-state index is 0.0718. The number of hydrogen-bond acceptors (Lipinski definition) is 3. The number of Topliss-reactive ketones (excluding diaryl/α,β-unsaturated/α-hetero) is 1. The maximum atomic E-state index is 11.8. The van der Waals surface area contributed by atoms with Gasteiger partial charge in [0.1, 0.15) is 5.78 Å². The molecule has 1 saturated heterocycles. The molecule has 106 valence electrons. The van der Waals surface area contributed by atoms with Crippen molar-refractivity contribution in [1.82, 2.24) is 0 Å². The van der Waals surface area contributed by atoms with Crippen LogP contribution in [-0.4, -0.2) is 34.0 Å². The number of ketones is 1. The van der Waals surface area contributed by atoms with E-state index >= 15 is 0 Å². The summed E-state index contributed by atoms with van der Waals surface area (Å²) in [5.74, 6) is 2.49. The van der Waals surface area contributed by atoms with Crippen LogP contribution in [0.2, 0.25) is 0 Å². The number of carbonyl (C=O) groups is 1. The predicted molar refractivity (Wildman–Crippen MR) is 79.1 cm³/mol. The summed E-state index contributed by atoms with van der Waals surface area (Å²) in [6, 6.07) is 0.